The highest BCUT2D eigenvalue weighted by atomic mass is 15.1. The second-order valence-electron chi connectivity index (χ2n) is 11.3. The largest absolute Gasteiger partial charge is 0.310 e. The van der Waals surface area contributed by atoms with Crippen LogP contribution in [0.4, 0.5) is 17.1 Å². The fourth-order valence-corrected chi connectivity index (χ4v) is 6.73. The van der Waals surface area contributed by atoms with Crippen LogP contribution in [0.5, 0.6) is 0 Å². The molecule has 0 radical (unpaired) electrons. The van der Waals surface area contributed by atoms with Crippen LogP contribution in [-0.4, -0.2) is 14.1 Å². The van der Waals surface area contributed by atoms with Crippen LogP contribution in [0.15, 0.2) is 170 Å². The average Bonchev–Trinajstić information content (AvgIpc) is 3.61. The highest BCUT2D eigenvalue weighted by Gasteiger charge is 2.20. The van der Waals surface area contributed by atoms with Gasteiger partial charge < -0.3 is 14.0 Å². The zero-order valence-electron chi connectivity index (χ0n) is 24.5. The zero-order chi connectivity index (χ0) is 29.7. The lowest BCUT2D eigenvalue weighted by atomic mass is 10.1. The molecule has 6 aromatic carbocycles. The van der Waals surface area contributed by atoms with Crippen LogP contribution in [0.1, 0.15) is 0 Å². The van der Waals surface area contributed by atoms with Gasteiger partial charge in [-0.2, -0.15) is 0 Å². The zero-order valence-corrected chi connectivity index (χ0v) is 24.5. The Labute approximate surface area is 260 Å². The van der Waals surface area contributed by atoms with E-state index in [0.29, 0.717) is 0 Å². The van der Waals surface area contributed by atoms with Crippen molar-refractivity contribution in [1.29, 1.82) is 0 Å². The SMILES string of the molecule is c1ccc(N(c2ccccc2)c2cccc(-n3c4ccccc4c4nc5c6ccccc6n(-c6ccccc6)c5cc43)c2)cc1. The molecule has 3 heterocycles. The second-order valence-corrected chi connectivity index (χ2v) is 11.3. The first-order valence-corrected chi connectivity index (χ1v) is 15.2. The summed E-state index contributed by atoms with van der Waals surface area (Å²) < 4.78 is 4.70. The van der Waals surface area contributed by atoms with E-state index in [-0.39, 0.29) is 0 Å². The lowest BCUT2D eigenvalue weighted by Crippen LogP contribution is -2.10. The normalized spacial score (nSPS) is 11.6. The van der Waals surface area contributed by atoms with Gasteiger partial charge in [-0.15, -0.1) is 0 Å². The fourth-order valence-electron chi connectivity index (χ4n) is 6.73. The molecule has 4 heteroatoms. The molecule has 0 aliphatic rings. The van der Waals surface area contributed by atoms with Crippen LogP contribution in [0, 0.1) is 0 Å². The Bertz CT molecular complexity index is 2440. The molecule has 0 saturated carbocycles. The van der Waals surface area contributed by atoms with Crippen molar-refractivity contribution in [3.63, 3.8) is 0 Å². The number of hydrogen-bond acceptors (Lipinski definition) is 2. The van der Waals surface area contributed by atoms with Gasteiger partial charge in [0.2, 0.25) is 0 Å². The van der Waals surface area contributed by atoms with Gasteiger partial charge in [0.05, 0.1) is 33.1 Å². The minimum atomic E-state index is 1.00. The summed E-state index contributed by atoms with van der Waals surface area (Å²) in [5.41, 5.74) is 12.0. The summed E-state index contributed by atoms with van der Waals surface area (Å²) in [5, 5.41) is 2.29. The van der Waals surface area contributed by atoms with Crippen LogP contribution < -0.4 is 4.90 Å². The van der Waals surface area contributed by atoms with Crippen LogP contribution >= 0.6 is 0 Å². The highest BCUT2D eigenvalue weighted by Crippen LogP contribution is 2.39. The van der Waals surface area contributed by atoms with E-state index in [1.54, 1.807) is 0 Å². The first kappa shape index (κ1) is 25.4. The number of para-hydroxylation sites is 5. The van der Waals surface area contributed by atoms with Crippen molar-refractivity contribution in [3.8, 4) is 11.4 Å². The summed E-state index contributed by atoms with van der Waals surface area (Å²) in [4.78, 5) is 7.73. The lowest BCUT2D eigenvalue weighted by molar-refractivity contribution is 1.15. The molecule has 0 bridgehead atoms. The first-order valence-electron chi connectivity index (χ1n) is 15.2. The summed E-state index contributed by atoms with van der Waals surface area (Å²) >= 11 is 0. The Morgan fingerprint density at radius 3 is 1.38 bits per heavy atom. The minimum Gasteiger partial charge on any atom is -0.310 e. The van der Waals surface area contributed by atoms with Gasteiger partial charge >= 0.3 is 0 Å². The molecule has 3 aromatic heterocycles. The number of hydrogen-bond donors (Lipinski definition) is 0. The van der Waals surface area contributed by atoms with Crippen molar-refractivity contribution in [3.05, 3.63) is 170 Å². The maximum absolute atomic E-state index is 5.43. The van der Waals surface area contributed by atoms with Crippen molar-refractivity contribution < 1.29 is 0 Å². The molecule has 0 aliphatic heterocycles. The topological polar surface area (TPSA) is 26.0 Å². The molecule has 0 spiro atoms. The number of rotatable bonds is 5. The minimum absolute atomic E-state index is 1.00. The highest BCUT2D eigenvalue weighted by molar-refractivity contribution is 6.15. The van der Waals surface area contributed by atoms with Crippen molar-refractivity contribution in [2.45, 2.75) is 0 Å². The molecule has 0 fully saturated rings. The molecular formula is C41H28N4. The number of benzene rings is 6. The Morgan fingerprint density at radius 2 is 0.800 bits per heavy atom. The number of aromatic nitrogens is 3. The molecule has 4 nitrogen and oxygen atoms in total. The van der Waals surface area contributed by atoms with Crippen LogP contribution in [0.3, 0.4) is 0 Å². The standard InChI is InChI=1S/C41H28N4/c1-4-15-29(16-5-1)43(30-17-6-2-7-18-30)32-21-14-22-33(27-32)45-37-26-13-11-24-35(37)41-39(45)28-38-40(42-41)34-23-10-12-25-36(34)44(38)31-19-8-3-9-20-31/h1-28H. The third-order valence-electron chi connectivity index (χ3n) is 8.65. The molecule has 0 N–H and O–H groups in total. The molecule has 0 saturated heterocycles. The van der Waals surface area contributed by atoms with Gasteiger partial charge in [-0.05, 0) is 72.8 Å². The van der Waals surface area contributed by atoms with E-state index < -0.39 is 0 Å². The van der Waals surface area contributed by atoms with Crippen molar-refractivity contribution in [1.82, 2.24) is 14.1 Å². The van der Waals surface area contributed by atoms with E-state index >= 15 is 0 Å². The monoisotopic (exact) mass is 576 g/mol. The van der Waals surface area contributed by atoms with Gasteiger partial charge in [0.1, 0.15) is 0 Å². The van der Waals surface area contributed by atoms with Crippen molar-refractivity contribution in [2.75, 3.05) is 4.90 Å². The average molecular weight is 577 g/mol. The summed E-state index contributed by atoms with van der Waals surface area (Å²) in [6, 6.07) is 60.0. The predicted octanol–water partition coefficient (Wildman–Crippen LogP) is 10.7. The van der Waals surface area contributed by atoms with Gasteiger partial charge in [0.15, 0.2) is 0 Å². The van der Waals surface area contributed by atoms with Gasteiger partial charge in [0.25, 0.3) is 0 Å². The molecule has 9 rings (SSSR count). The number of anilines is 3. The van der Waals surface area contributed by atoms with Crippen LogP contribution in [0.2, 0.25) is 0 Å². The summed E-state index contributed by atoms with van der Waals surface area (Å²) in [7, 11) is 0. The quantitative estimate of drug-likeness (QED) is 0.204. The van der Waals surface area contributed by atoms with Crippen molar-refractivity contribution >= 4 is 60.9 Å². The molecular weight excluding hydrogens is 548 g/mol. The van der Waals surface area contributed by atoms with Gasteiger partial charge in [-0.1, -0.05) is 97.1 Å². The number of fused-ring (bicyclic) bond motifs is 6. The third kappa shape index (κ3) is 4.04. The van der Waals surface area contributed by atoms with E-state index in [4.69, 9.17) is 4.98 Å². The van der Waals surface area contributed by atoms with E-state index in [2.05, 4.69) is 184 Å². The Kier molecular flexibility index (Phi) is 5.78. The summed E-state index contributed by atoms with van der Waals surface area (Å²) in [5.74, 6) is 0. The summed E-state index contributed by atoms with van der Waals surface area (Å²) in [6.07, 6.45) is 0. The van der Waals surface area contributed by atoms with E-state index in [1.165, 1.54) is 0 Å². The molecule has 9 aromatic rings. The second kappa shape index (κ2) is 10.2. The van der Waals surface area contributed by atoms with Crippen LogP contribution in [-0.2, 0) is 0 Å². The molecule has 0 unspecified atom stereocenters. The van der Waals surface area contributed by atoms with E-state index in [0.717, 1.165) is 72.3 Å². The fraction of sp³-hybridized carbons (Fsp3) is 0. The van der Waals surface area contributed by atoms with E-state index in [1.807, 2.05) is 0 Å². The Hall–Kier alpha value is -6.13. The molecule has 45 heavy (non-hydrogen) atoms. The maximum atomic E-state index is 5.43. The molecule has 212 valence electrons. The predicted molar refractivity (Wildman–Crippen MR) is 188 cm³/mol. The van der Waals surface area contributed by atoms with Crippen molar-refractivity contribution in [2.24, 2.45) is 0 Å². The molecule has 0 amide bonds. The molecule has 0 atom stereocenters. The maximum Gasteiger partial charge on any atom is 0.0972 e. The number of nitrogens with zero attached hydrogens (tertiary/aromatic N) is 4. The first-order chi connectivity index (χ1) is 22.3. The van der Waals surface area contributed by atoms with Gasteiger partial charge in [-0.3, -0.25) is 0 Å². The Balaban J connectivity index is 1.34. The molecule has 0 aliphatic carbocycles. The van der Waals surface area contributed by atoms with Gasteiger partial charge in [-0.25, -0.2) is 4.98 Å². The van der Waals surface area contributed by atoms with Crippen LogP contribution in [0.25, 0.3) is 55.2 Å². The smallest absolute Gasteiger partial charge is 0.0972 e. The third-order valence-corrected chi connectivity index (χ3v) is 8.65. The number of pyridine rings is 1. The lowest BCUT2D eigenvalue weighted by Gasteiger charge is -2.26. The van der Waals surface area contributed by atoms with Gasteiger partial charge in [0, 0.05) is 39.2 Å². The Morgan fingerprint density at radius 1 is 0.356 bits per heavy atom. The summed E-state index contributed by atoms with van der Waals surface area (Å²) in [6.45, 7) is 0. The van der Waals surface area contributed by atoms with E-state index in [9.17, 15) is 0 Å².